The van der Waals surface area contributed by atoms with E-state index in [0.717, 1.165) is 5.56 Å². The zero-order valence-electron chi connectivity index (χ0n) is 10.5. The predicted molar refractivity (Wildman–Crippen MR) is 75.2 cm³/mol. The van der Waals surface area contributed by atoms with E-state index in [1.165, 1.54) is 18.2 Å². The summed E-state index contributed by atoms with van der Waals surface area (Å²) in [6, 6.07) is 9.26. The SMILES string of the molecule is Cc1ccc(-c2ccc(C(=O)O)c([N+](=O)[O-])c2)cc1Cl. The topological polar surface area (TPSA) is 80.4 Å². The highest BCUT2D eigenvalue weighted by Gasteiger charge is 2.20. The van der Waals surface area contributed by atoms with Crippen LogP contribution in [0.5, 0.6) is 0 Å². The number of aromatic carboxylic acids is 1. The van der Waals surface area contributed by atoms with E-state index in [-0.39, 0.29) is 5.56 Å². The van der Waals surface area contributed by atoms with Crippen LogP contribution in [-0.4, -0.2) is 16.0 Å². The van der Waals surface area contributed by atoms with E-state index in [0.29, 0.717) is 16.1 Å². The number of hydrogen-bond donors (Lipinski definition) is 1. The van der Waals surface area contributed by atoms with Crippen LogP contribution in [0.2, 0.25) is 5.02 Å². The van der Waals surface area contributed by atoms with Crippen LogP contribution in [0.3, 0.4) is 0 Å². The minimum absolute atomic E-state index is 0.336. The monoisotopic (exact) mass is 291 g/mol. The summed E-state index contributed by atoms with van der Waals surface area (Å²) < 4.78 is 0. The van der Waals surface area contributed by atoms with Gasteiger partial charge in [-0.05, 0) is 35.7 Å². The van der Waals surface area contributed by atoms with Gasteiger partial charge < -0.3 is 5.11 Å². The van der Waals surface area contributed by atoms with Gasteiger partial charge in [0.05, 0.1) is 4.92 Å². The molecule has 0 atom stereocenters. The molecule has 102 valence electrons. The third kappa shape index (κ3) is 2.62. The number of benzene rings is 2. The van der Waals surface area contributed by atoms with Crippen LogP contribution in [-0.2, 0) is 0 Å². The molecule has 0 unspecified atom stereocenters. The van der Waals surface area contributed by atoms with Gasteiger partial charge in [-0.15, -0.1) is 0 Å². The highest BCUT2D eigenvalue weighted by atomic mass is 35.5. The number of nitro groups is 1. The van der Waals surface area contributed by atoms with Crippen molar-refractivity contribution in [2.75, 3.05) is 0 Å². The number of aryl methyl sites for hydroxylation is 1. The second-order valence-electron chi connectivity index (χ2n) is 4.26. The molecular weight excluding hydrogens is 282 g/mol. The van der Waals surface area contributed by atoms with Crippen molar-refractivity contribution in [3.05, 3.63) is 62.7 Å². The molecule has 0 aromatic heterocycles. The Morgan fingerprint density at radius 2 is 1.80 bits per heavy atom. The number of carboxylic acid groups (broad SMARTS) is 1. The third-order valence-electron chi connectivity index (χ3n) is 2.93. The smallest absolute Gasteiger partial charge is 0.342 e. The van der Waals surface area contributed by atoms with Crippen molar-refractivity contribution >= 4 is 23.3 Å². The molecule has 2 aromatic carbocycles. The lowest BCUT2D eigenvalue weighted by Crippen LogP contribution is -2.02. The van der Waals surface area contributed by atoms with Crippen LogP contribution >= 0.6 is 11.6 Å². The molecule has 0 aliphatic rings. The molecule has 0 heterocycles. The van der Waals surface area contributed by atoms with Crippen LogP contribution in [0.25, 0.3) is 11.1 Å². The number of rotatable bonds is 3. The summed E-state index contributed by atoms with van der Waals surface area (Å²) in [5, 5.41) is 20.4. The average molecular weight is 292 g/mol. The molecule has 0 saturated carbocycles. The van der Waals surface area contributed by atoms with Gasteiger partial charge >= 0.3 is 5.97 Å². The van der Waals surface area contributed by atoms with Crippen molar-refractivity contribution < 1.29 is 14.8 Å². The Kier molecular flexibility index (Phi) is 3.72. The second kappa shape index (κ2) is 5.30. The molecule has 20 heavy (non-hydrogen) atoms. The lowest BCUT2D eigenvalue weighted by atomic mass is 10.0. The molecule has 5 nitrogen and oxygen atoms in total. The van der Waals surface area contributed by atoms with E-state index in [2.05, 4.69) is 0 Å². The largest absolute Gasteiger partial charge is 0.477 e. The zero-order chi connectivity index (χ0) is 14.9. The van der Waals surface area contributed by atoms with Gasteiger partial charge in [0.1, 0.15) is 5.56 Å². The van der Waals surface area contributed by atoms with Crippen molar-refractivity contribution in [3.63, 3.8) is 0 Å². The lowest BCUT2D eigenvalue weighted by molar-refractivity contribution is -0.385. The van der Waals surface area contributed by atoms with Gasteiger partial charge in [-0.3, -0.25) is 10.1 Å². The van der Waals surface area contributed by atoms with E-state index in [4.69, 9.17) is 16.7 Å². The summed E-state index contributed by atoms with van der Waals surface area (Å²) in [5.74, 6) is -1.33. The maximum atomic E-state index is 10.9. The van der Waals surface area contributed by atoms with Crippen LogP contribution in [0, 0.1) is 17.0 Å². The molecule has 6 heteroatoms. The molecule has 0 saturated heterocycles. The van der Waals surface area contributed by atoms with Crippen molar-refractivity contribution in [2.45, 2.75) is 6.92 Å². The minimum atomic E-state index is -1.33. The Bertz CT molecular complexity index is 712. The first kappa shape index (κ1) is 14.0. The van der Waals surface area contributed by atoms with Crippen LogP contribution in [0.15, 0.2) is 36.4 Å². The Morgan fingerprint density at radius 3 is 2.35 bits per heavy atom. The molecule has 1 N–H and O–H groups in total. The quantitative estimate of drug-likeness (QED) is 0.686. The summed E-state index contributed by atoms with van der Waals surface area (Å²) in [5.41, 5.74) is 1.36. The molecule has 0 aliphatic heterocycles. The summed E-state index contributed by atoms with van der Waals surface area (Å²) in [6.45, 7) is 1.85. The zero-order valence-corrected chi connectivity index (χ0v) is 11.2. The van der Waals surface area contributed by atoms with Gasteiger partial charge in [0.15, 0.2) is 0 Å². The number of carboxylic acids is 1. The van der Waals surface area contributed by atoms with E-state index in [1.807, 2.05) is 6.92 Å². The molecule has 0 fully saturated rings. The predicted octanol–water partition coefficient (Wildman–Crippen LogP) is 3.92. The van der Waals surface area contributed by atoms with Gasteiger partial charge in [0.25, 0.3) is 5.69 Å². The van der Waals surface area contributed by atoms with Crippen LogP contribution in [0.4, 0.5) is 5.69 Å². The molecule has 2 rings (SSSR count). The van der Waals surface area contributed by atoms with E-state index < -0.39 is 16.6 Å². The van der Waals surface area contributed by atoms with E-state index >= 15 is 0 Å². The fraction of sp³-hybridized carbons (Fsp3) is 0.0714. The van der Waals surface area contributed by atoms with Gasteiger partial charge in [0.2, 0.25) is 0 Å². The third-order valence-corrected chi connectivity index (χ3v) is 3.34. The highest BCUT2D eigenvalue weighted by molar-refractivity contribution is 6.31. The van der Waals surface area contributed by atoms with Gasteiger partial charge in [0, 0.05) is 11.1 Å². The van der Waals surface area contributed by atoms with Gasteiger partial charge in [-0.1, -0.05) is 29.8 Å². The Labute approximate surface area is 119 Å². The summed E-state index contributed by atoms with van der Waals surface area (Å²) >= 11 is 6.02. The van der Waals surface area contributed by atoms with Crippen molar-refractivity contribution in [2.24, 2.45) is 0 Å². The first-order valence-electron chi connectivity index (χ1n) is 5.68. The van der Waals surface area contributed by atoms with E-state index in [1.54, 1.807) is 18.2 Å². The highest BCUT2D eigenvalue weighted by Crippen LogP contribution is 2.29. The molecule has 0 spiro atoms. The van der Waals surface area contributed by atoms with Crippen LogP contribution < -0.4 is 0 Å². The number of hydrogen-bond acceptors (Lipinski definition) is 3. The summed E-state index contributed by atoms with van der Waals surface area (Å²) in [7, 11) is 0. The summed E-state index contributed by atoms with van der Waals surface area (Å²) in [6.07, 6.45) is 0. The standard InChI is InChI=1S/C14H10ClNO4/c1-8-2-3-9(6-12(8)15)10-4-5-11(14(17)18)13(7-10)16(19)20/h2-7H,1H3,(H,17,18). The maximum Gasteiger partial charge on any atom is 0.342 e. The van der Waals surface area contributed by atoms with E-state index in [9.17, 15) is 14.9 Å². The molecule has 0 amide bonds. The van der Waals surface area contributed by atoms with Crippen molar-refractivity contribution in [1.29, 1.82) is 0 Å². The Morgan fingerprint density at radius 1 is 1.20 bits per heavy atom. The number of carbonyl (C=O) groups is 1. The summed E-state index contributed by atoms with van der Waals surface area (Å²) in [4.78, 5) is 21.2. The molecule has 2 aromatic rings. The van der Waals surface area contributed by atoms with Crippen LogP contribution in [0.1, 0.15) is 15.9 Å². The first-order chi connectivity index (χ1) is 9.40. The lowest BCUT2D eigenvalue weighted by Gasteiger charge is -2.06. The second-order valence-corrected chi connectivity index (χ2v) is 4.67. The van der Waals surface area contributed by atoms with Crippen molar-refractivity contribution in [3.8, 4) is 11.1 Å². The van der Waals surface area contributed by atoms with Gasteiger partial charge in [-0.25, -0.2) is 4.79 Å². The number of nitro benzene ring substituents is 1. The fourth-order valence-corrected chi connectivity index (χ4v) is 2.00. The normalized spacial score (nSPS) is 10.3. The maximum absolute atomic E-state index is 10.9. The fourth-order valence-electron chi connectivity index (χ4n) is 1.82. The molecule has 0 aliphatic carbocycles. The Hall–Kier alpha value is -2.40. The Balaban J connectivity index is 2.58. The average Bonchev–Trinajstić information content (AvgIpc) is 2.41. The molecule has 0 radical (unpaired) electrons. The number of halogens is 1. The molecular formula is C14H10ClNO4. The first-order valence-corrected chi connectivity index (χ1v) is 6.06. The minimum Gasteiger partial charge on any atom is -0.477 e. The molecule has 0 bridgehead atoms. The number of nitrogens with zero attached hydrogens (tertiary/aromatic N) is 1. The van der Waals surface area contributed by atoms with Crippen molar-refractivity contribution in [1.82, 2.24) is 0 Å². The van der Waals surface area contributed by atoms with Gasteiger partial charge in [-0.2, -0.15) is 0 Å².